The first-order valence-electron chi connectivity index (χ1n) is 9.88. The van der Waals surface area contributed by atoms with Crippen LogP contribution in [-0.4, -0.2) is 42.3 Å². The Morgan fingerprint density at radius 1 is 1.11 bits per heavy atom. The van der Waals surface area contributed by atoms with Crippen LogP contribution in [0.4, 0.5) is 0 Å². The van der Waals surface area contributed by atoms with E-state index in [-0.39, 0.29) is 0 Å². The predicted octanol–water partition coefficient (Wildman–Crippen LogP) is 3.23. The number of imidazole rings is 1. The molecule has 0 bridgehead atoms. The van der Waals surface area contributed by atoms with Crippen molar-refractivity contribution in [1.29, 1.82) is 0 Å². The molecule has 0 aliphatic carbocycles. The standard InChI is InChI=1S/C21H28N6/c1-3-27-20(15-26-12-9-22-16-26)23-24-21(27)19-7-10-25(11-8-19)14-18-6-4-5-17(2)13-18/h4-6,9,12-13,16,19H,3,7-8,10-11,14-15H2,1-2H3. The molecule has 1 aliphatic heterocycles. The Morgan fingerprint density at radius 3 is 2.67 bits per heavy atom. The summed E-state index contributed by atoms with van der Waals surface area (Å²) in [5.41, 5.74) is 2.75. The number of benzene rings is 1. The molecule has 1 saturated heterocycles. The third kappa shape index (κ3) is 4.11. The van der Waals surface area contributed by atoms with Crippen LogP contribution in [0, 0.1) is 6.92 Å². The van der Waals surface area contributed by atoms with E-state index in [1.54, 1.807) is 6.20 Å². The van der Waals surface area contributed by atoms with E-state index in [4.69, 9.17) is 0 Å². The maximum Gasteiger partial charge on any atom is 0.153 e. The monoisotopic (exact) mass is 364 g/mol. The van der Waals surface area contributed by atoms with E-state index >= 15 is 0 Å². The highest BCUT2D eigenvalue weighted by atomic mass is 15.3. The van der Waals surface area contributed by atoms with Crippen molar-refractivity contribution in [1.82, 2.24) is 29.2 Å². The molecule has 0 unspecified atom stereocenters. The maximum atomic E-state index is 4.57. The van der Waals surface area contributed by atoms with Crippen LogP contribution in [0.3, 0.4) is 0 Å². The number of aryl methyl sites for hydroxylation is 1. The van der Waals surface area contributed by atoms with Gasteiger partial charge in [0.2, 0.25) is 0 Å². The van der Waals surface area contributed by atoms with Crippen molar-refractivity contribution in [2.24, 2.45) is 0 Å². The van der Waals surface area contributed by atoms with Gasteiger partial charge in [0.05, 0.1) is 12.9 Å². The van der Waals surface area contributed by atoms with Gasteiger partial charge in [-0.05, 0) is 45.3 Å². The van der Waals surface area contributed by atoms with Crippen molar-refractivity contribution in [2.75, 3.05) is 13.1 Å². The van der Waals surface area contributed by atoms with Crippen LogP contribution < -0.4 is 0 Å². The largest absolute Gasteiger partial charge is 0.330 e. The molecule has 3 heterocycles. The highest BCUT2D eigenvalue weighted by Gasteiger charge is 2.25. The minimum absolute atomic E-state index is 0.503. The van der Waals surface area contributed by atoms with E-state index in [2.05, 4.69) is 62.8 Å². The molecule has 0 N–H and O–H groups in total. The normalized spacial score (nSPS) is 16.1. The Balaban J connectivity index is 1.40. The molecule has 142 valence electrons. The zero-order valence-corrected chi connectivity index (χ0v) is 16.3. The highest BCUT2D eigenvalue weighted by molar-refractivity contribution is 5.22. The number of likely N-dealkylation sites (tertiary alicyclic amines) is 1. The van der Waals surface area contributed by atoms with E-state index in [0.29, 0.717) is 5.92 Å². The van der Waals surface area contributed by atoms with Gasteiger partial charge in [-0.3, -0.25) is 4.90 Å². The second-order valence-corrected chi connectivity index (χ2v) is 7.49. The fourth-order valence-electron chi connectivity index (χ4n) is 4.07. The second-order valence-electron chi connectivity index (χ2n) is 7.49. The minimum Gasteiger partial charge on any atom is -0.330 e. The Bertz CT molecular complexity index is 859. The van der Waals surface area contributed by atoms with Crippen molar-refractivity contribution in [3.8, 4) is 0 Å². The van der Waals surface area contributed by atoms with Crippen LogP contribution in [0.5, 0.6) is 0 Å². The van der Waals surface area contributed by atoms with Gasteiger partial charge in [0.15, 0.2) is 5.82 Å². The first kappa shape index (κ1) is 17.9. The number of piperidine rings is 1. The molecule has 6 nitrogen and oxygen atoms in total. The lowest BCUT2D eigenvalue weighted by atomic mass is 9.95. The average Bonchev–Trinajstić information content (AvgIpc) is 3.32. The number of nitrogens with zero attached hydrogens (tertiary/aromatic N) is 6. The van der Waals surface area contributed by atoms with E-state index in [0.717, 1.165) is 57.2 Å². The summed E-state index contributed by atoms with van der Waals surface area (Å²) in [5.74, 6) is 2.68. The fraction of sp³-hybridized carbons (Fsp3) is 0.476. The van der Waals surface area contributed by atoms with Crippen LogP contribution in [-0.2, 0) is 19.6 Å². The molecule has 0 atom stereocenters. The minimum atomic E-state index is 0.503. The molecule has 1 aromatic carbocycles. The first-order chi connectivity index (χ1) is 13.2. The highest BCUT2D eigenvalue weighted by Crippen LogP contribution is 2.28. The third-order valence-corrected chi connectivity index (χ3v) is 5.50. The van der Waals surface area contributed by atoms with E-state index in [1.165, 1.54) is 11.1 Å². The Hall–Kier alpha value is -2.47. The van der Waals surface area contributed by atoms with Crippen molar-refractivity contribution in [3.63, 3.8) is 0 Å². The summed E-state index contributed by atoms with van der Waals surface area (Å²) in [6.07, 6.45) is 7.90. The van der Waals surface area contributed by atoms with Gasteiger partial charge in [-0.25, -0.2) is 4.98 Å². The summed E-state index contributed by atoms with van der Waals surface area (Å²) in [5, 5.41) is 9.06. The molecule has 0 radical (unpaired) electrons. The summed E-state index contributed by atoms with van der Waals surface area (Å²) in [4.78, 5) is 6.68. The lowest BCUT2D eigenvalue weighted by molar-refractivity contribution is 0.200. The van der Waals surface area contributed by atoms with Crippen LogP contribution in [0.1, 0.15) is 48.5 Å². The van der Waals surface area contributed by atoms with Gasteiger partial charge in [0, 0.05) is 31.4 Å². The Labute approximate surface area is 160 Å². The molecular weight excluding hydrogens is 336 g/mol. The summed E-state index contributed by atoms with van der Waals surface area (Å²) in [6, 6.07) is 8.84. The van der Waals surface area contributed by atoms with Gasteiger partial charge in [0.1, 0.15) is 5.82 Å². The third-order valence-electron chi connectivity index (χ3n) is 5.50. The van der Waals surface area contributed by atoms with Gasteiger partial charge < -0.3 is 9.13 Å². The Morgan fingerprint density at radius 2 is 1.96 bits per heavy atom. The van der Waals surface area contributed by atoms with Crippen LogP contribution in [0.2, 0.25) is 0 Å². The van der Waals surface area contributed by atoms with Gasteiger partial charge in [-0.1, -0.05) is 29.8 Å². The van der Waals surface area contributed by atoms with Crippen molar-refractivity contribution in [2.45, 2.75) is 52.2 Å². The molecule has 0 saturated carbocycles. The quantitative estimate of drug-likeness (QED) is 0.674. The summed E-state index contributed by atoms with van der Waals surface area (Å²) in [7, 11) is 0. The lowest BCUT2D eigenvalue weighted by Crippen LogP contribution is -2.33. The lowest BCUT2D eigenvalue weighted by Gasteiger charge is -2.31. The molecule has 1 aliphatic rings. The molecule has 27 heavy (non-hydrogen) atoms. The van der Waals surface area contributed by atoms with Crippen LogP contribution in [0.15, 0.2) is 43.0 Å². The van der Waals surface area contributed by atoms with Gasteiger partial charge in [0.25, 0.3) is 0 Å². The van der Waals surface area contributed by atoms with Gasteiger partial charge in [-0.2, -0.15) is 0 Å². The zero-order chi connectivity index (χ0) is 18.6. The molecule has 0 spiro atoms. The van der Waals surface area contributed by atoms with E-state index in [9.17, 15) is 0 Å². The summed E-state index contributed by atoms with van der Waals surface area (Å²) < 4.78 is 4.34. The zero-order valence-electron chi connectivity index (χ0n) is 16.3. The Kier molecular flexibility index (Phi) is 5.34. The second kappa shape index (κ2) is 8.05. The van der Waals surface area contributed by atoms with Crippen LogP contribution >= 0.6 is 0 Å². The van der Waals surface area contributed by atoms with E-state index in [1.807, 2.05) is 17.1 Å². The van der Waals surface area contributed by atoms with Crippen molar-refractivity contribution < 1.29 is 0 Å². The number of hydrogen-bond donors (Lipinski definition) is 0. The molecule has 2 aromatic heterocycles. The summed E-state index contributed by atoms with van der Waals surface area (Å²) >= 11 is 0. The smallest absolute Gasteiger partial charge is 0.153 e. The number of aromatic nitrogens is 5. The molecular formula is C21H28N6. The molecule has 1 fully saturated rings. The van der Waals surface area contributed by atoms with Gasteiger partial charge in [-0.15, -0.1) is 10.2 Å². The SMILES string of the molecule is CCn1c(Cn2ccnc2)nnc1C1CCN(Cc2cccc(C)c2)CC1. The number of rotatable bonds is 6. The molecule has 6 heteroatoms. The first-order valence-corrected chi connectivity index (χ1v) is 9.88. The molecule has 3 aromatic rings. The average molecular weight is 364 g/mol. The van der Waals surface area contributed by atoms with Crippen LogP contribution in [0.25, 0.3) is 0 Å². The van der Waals surface area contributed by atoms with E-state index < -0.39 is 0 Å². The summed E-state index contributed by atoms with van der Waals surface area (Å²) in [6.45, 7) is 9.26. The topological polar surface area (TPSA) is 51.8 Å². The van der Waals surface area contributed by atoms with Crippen molar-refractivity contribution in [3.05, 3.63) is 65.8 Å². The maximum absolute atomic E-state index is 4.57. The van der Waals surface area contributed by atoms with Gasteiger partial charge >= 0.3 is 0 Å². The predicted molar refractivity (Wildman–Crippen MR) is 105 cm³/mol. The molecule has 0 amide bonds. The molecule has 4 rings (SSSR count). The van der Waals surface area contributed by atoms with Crippen molar-refractivity contribution >= 4 is 0 Å². The fourth-order valence-corrected chi connectivity index (χ4v) is 4.07. The number of hydrogen-bond acceptors (Lipinski definition) is 4.